The van der Waals surface area contributed by atoms with Crippen LogP contribution in [0.1, 0.15) is 110 Å². The molecule has 0 aliphatic rings. The van der Waals surface area contributed by atoms with Gasteiger partial charge < -0.3 is 5.73 Å². The maximum atomic E-state index is 10.9. The first-order valence-electron chi connectivity index (χ1n) is 9.67. The summed E-state index contributed by atoms with van der Waals surface area (Å²) in [5, 5.41) is -0.176. The zero-order chi connectivity index (χ0) is 16.5. The largest absolute Gasteiger partial charge is 0.321 e. The molecule has 0 radical (unpaired) electrons. The van der Waals surface area contributed by atoms with Crippen LogP contribution in [0.15, 0.2) is 0 Å². The first-order valence-corrected chi connectivity index (χ1v) is 10.1. The van der Waals surface area contributed by atoms with E-state index in [1.807, 2.05) is 0 Å². The summed E-state index contributed by atoms with van der Waals surface area (Å²) in [6.45, 7) is 2.28. The summed E-state index contributed by atoms with van der Waals surface area (Å²) in [5.41, 5.74) is 5.64. The van der Waals surface area contributed by atoms with E-state index >= 15 is 0 Å². The van der Waals surface area contributed by atoms with Crippen molar-refractivity contribution in [3.05, 3.63) is 0 Å². The SMILES string of the molecule is CCCCCCCCCCCCCCCCC[C@H](N)C(=O)S. The smallest absolute Gasteiger partial charge is 0.202 e. The average molecular weight is 330 g/mol. The molecule has 0 saturated heterocycles. The second kappa shape index (κ2) is 17.3. The van der Waals surface area contributed by atoms with Gasteiger partial charge in [-0.25, -0.2) is 0 Å². The van der Waals surface area contributed by atoms with Crippen LogP contribution in [0.5, 0.6) is 0 Å². The molecule has 132 valence electrons. The summed E-state index contributed by atoms with van der Waals surface area (Å²) in [6, 6.07) is -0.356. The number of unbranched alkanes of at least 4 members (excludes halogenated alkanes) is 14. The lowest BCUT2D eigenvalue weighted by Gasteiger charge is -2.06. The monoisotopic (exact) mass is 329 g/mol. The quantitative estimate of drug-likeness (QED) is 0.253. The number of nitrogens with two attached hydrogens (primary N) is 1. The fraction of sp³-hybridized carbons (Fsp3) is 0.947. The Labute approximate surface area is 144 Å². The minimum atomic E-state index is -0.356. The normalized spacial score (nSPS) is 12.5. The Balaban J connectivity index is 3.04. The zero-order valence-electron chi connectivity index (χ0n) is 14.8. The van der Waals surface area contributed by atoms with Crippen LogP contribution < -0.4 is 5.73 Å². The Morgan fingerprint density at radius 1 is 0.727 bits per heavy atom. The highest BCUT2D eigenvalue weighted by molar-refractivity contribution is 7.96. The van der Waals surface area contributed by atoms with Gasteiger partial charge in [-0.3, -0.25) is 4.79 Å². The van der Waals surface area contributed by atoms with Gasteiger partial charge in [0.05, 0.1) is 6.04 Å². The summed E-state index contributed by atoms with van der Waals surface area (Å²) in [5.74, 6) is 0. The summed E-state index contributed by atoms with van der Waals surface area (Å²) < 4.78 is 0. The highest BCUT2D eigenvalue weighted by Gasteiger charge is 2.07. The van der Waals surface area contributed by atoms with Crippen LogP contribution >= 0.6 is 12.6 Å². The Hall–Kier alpha value is -0.0200. The maximum Gasteiger partial charge on any atom is 0.202 e. The Morgan fingerprint density at radius 3 is 1.36 bits per heavy atom. The van der Waals surface area contributed by atoms with E-state index in [0.717, 1.165) is 12.8 Å². The van der Waals surface area contributed by atoms with E-state index < -0.39 is 0 Å². The van der Waals surface area contributed by atoms with E-state index in [9.17, 15) is 4.79 Å². The number of carbonyl (C=O) groups is 1. The van der Waals surface area contributed by atoms with E-state index in [4.69, 9.17) is 5.73 Å². The van der Waals surface area contributed by atoms with Gasteiger partial charge in [-0.2, -0.15) is 0 Å². The van der Waals surface area contributed by atoms with Crippen molar-refractivity contribution in [3.63, 3.8) is 0 Å². The highest BCUT2D eigenvalue weighted by atomic mass is 32.1. The third-order valence-electron chi connectivity index (χ3n) is 4.44. The minimum Gasteiger partial charge on any atom is -0.321 e. The predicted molar refractivity (Wildman–Crippen MR) is 102 cm³/mol. The van der Waals surface area contributed by atoms with Crippen LogP contribution in [0.2, 0.25) is 0 Å². The van der Waals surface area contributed by atoms with Crippen molar-refractivity contribution in [1.29, 1.82) is 0 Å². The molecule has 0 fully saturated rings. The highest BCUT2D eigenvalue weighted by Crippen LogP contribution is 2.14. The fourth-order valence-electron chi connectivity index (χ4n) is 2.86. The molecule has 0 amide bonds. The number of hydrogen-bond donors (Lipinski definition) is 2. The van der Waals surface area contributed by atoms with E-state index in [2.05, 4.69) is 19.6 Å². The van der Waals surface area contributed by atoms with Gasteiger partial charge in [0.1, 0.15) is 0 Å². The molecule has 0 saturated carbocycles. The van der Waals surface area contributed by atoms with Crippen molar-refractivity contribution >= 4 is 17.7 Å². The molecule has 2 N–H and O–H groups in total. The molecule has 0 bridgehead atoms. The third-order valence-corrected chi connectivity index (χ3v) is 4.77. The summed E-state index contributed by atoms with van der Waals surface area (Å²) >= 11 is 3.76. The van der Waals surface area contributed by atoms with Crippen LogP contribution in [0.4, 0.5) is 0 Å². The Morgan fingerprint density at radius 2 is 1.05 bits per heavy atom. The second-order valence-electron chi connectivity index (χ2n) is 6.68. The van der Waals surface area contributed by atoms with Gasteiger partial charge in [-0.15, -0.1) is 12.6 Å². The molecule has 0 unspecified atom stereocenters. The van der Waals surface area contributed by atoms with Gasteiger partial charge in [0.2, 0.25) is 5.12 Å². The molecule has 1 atom stereocenters. The minimum absolute atomic E-state index is 0.176. The standard InChI is InChI=1S/C19H39NOS/c1-2-3-4-5-6-7-8-9-10-11-12-13-14-15-16-17-18(20)19(21)22/h18H,2-17,20H2,1H3,(H,21,22)/t18-/m0/s1. The third kappa shape index (κ3) is 16.4. The van der Waals surface area contributed by atoms with E-state index in [1.54, 1.807) is 0 Å². The van der Waals surface area contributed by atoms with Gasteiger partial charge in [-0.05, 0) is 6.42 Å². The van der Waals surface area contributed by atoms with E-state index in [0.29, 0.717) is 0 Å². The van der Waals surface area contributed by atoms with Gasteiger partial charge in [0.15, 0.2) is 0 Å². The van der Waals surface area contributed by atoms with Crippen LogP contribution in [0.25, 0.3) is 0 Å². The molecule has 0 heterocycles. The van der Waals surface area contributed by atoms with Crippen molar-refractivity contribution in [2.75, 3.05) is 0 Å². The molecule has 0 rings (SSSR count). The molecule has 0 aromatic heterocycles. The lowest BCUT2D eigenvalue weighted by molar-refractivity contribution is -0.112. The van der Waals surface area contributed by atoms with Gasteiger partial charge in [0, 0.05) is 0 Å². The van der Waals surface area contributed by atoms with E-state index in [-0.39, 0.29) is 11.2 Å². The van der Waals surface area contributed by atoms with Crippen LogP contribution in [0.3, 0.4) is 0 Å². The molecular formula is C19H39NOS. The van der Waals surface area contributed by atoms with Gasteiger partial charge >= 0.3 is 0 Å². The molecule has 0 aromatic rings. The molecule has 3 heteroatoms. The maximum absolute atomic E-state index is 10.9. The molecule has 0 aromatic carbocycles. The van der Waals surface area contributed by atoms with Crippen LogP contribution in [-0.2, 0) is 4.79 Å². The average Bonchev–Trinajstić information content (AvgIpc) is 2.50. The molecule has 0 spiro atoms. The first-order chi connectivity index (χ1) is 10.7. The predicted octanol–water partition coefficient (Wildman–Crippen LogP) is 6.03. The lowest BCUT2D eigenvalue weighted by Crippen LogP contribution is -2.26. The van der Waals surface area contributed by atoms with Crippen molar-refractivity contribution in [2.24, 2.45) is 5.73 Å². The number of thiol groups is 1. The Bertz CT molecular complexity index is 246. The summed E-state index contributed by atoms with van der Waals surface area (Å²) in [6.07, 6.45) is 21.2. The van der Waals surface area contributed by atoms with Crippen molar-refractivity contribution < 1.29 is 4.79 Å². The summed E-state index contributed by atoms with van der Waals surface area (Å²) in [7, 11) is 0. The molecule has 2 nitrogen and oxygen atoms in total. The fourth-order valence-corrected chi connectivity index (χ4v) is 2.99. The molecule has 0 aliphatic heterocycles. The van der Waals surface area contributed by atoms with Crippen LogP contribution in [-0.4, -0.2) is 11.2 Å². The first kappa shape index (κ1) is 22.0. The van der Waals surface area contributed by atoms with Gasteiger partial charge in [-0.1, -0.05) is 103 Å². The van der Waals surface area contributed by atoms with Crippen LogP contribution in [0, 0.1) is 0 Å². The molecule has 22 heavy (non-hydrogen) atoms. The van der Waals surface area contributed by atoms with E-state index in [1.165, 1.54) is 89.9 Å². The van der Waals surface area contributed by atoms with Crippen molar-refractivity contribution in [3.8, 4) is 0 Å². The summed E-state index contributed by atoms with van der Waals surface area (Å²) in [4.78, 5) is 10.9. The lowest BCUT2D eigenvalue weighted by atomic mass is 10.0. The molecular weight excluding hydrogens is 290 g/mol. The number of carbonyl (C=O) groups excluding carboxylic acids is 1. The number of rotatable bonds is 17. The van der Waals surface area contributed by atoms with Crippen molar-refractivity contribution in [1.82, 2.24) is 0 Å². The second-order valence-corrected chi connectivity index (χ2v) is 7.12. The topological polar surface area (TPSA) is 43.1 Å². The number of hydrogen-bond acceptors (Lipinski definition) is 2. The van der Waals surface area contributed by atoms with Crippen molar-refractivity contribution in [2.45, 2.75) is 116 Å². The Kier molecular flexibility index (Phi) is 17.3. The zero-order valence-corrected chi connectivity index (χ0v) is 15.7. The van der Waals surface area contributed by atoms with Gasteiger partial charge in [0.25, 0.3) is 0 Å². The molecule has 0 aliphatic carbocycles.